The van der Waals surface area contributed by atoms with E-state index >= 15 is 0 Å². The van der Waals surface area contributed by atoms with Crippen LogP contribution in [0.15, 0.2) is 24.3 Å². The number of halogens is 1. The molecular weight excluding hydrogens is 204 g/mol. The van der Waals surface area contributed by atoms with E-state index in [4.69, 9.17) is 11.6 Å². The lowest BCUT2D eigenvalue weighted by molar-refractivity contribution is -0.122. The number of rotatable bonds is 3. The Morgan fingerprint density at radius 1 is 1.27 bits per heavy atom. The second-order valence-electron chi connectivity index (χ2n) is 5.50. The summed E-state index contributed by atoms with van der Waals surface area (Å²) in [6, 6.07) is 9.14. The minimum absolute atomic E-state index is 0.528. The quantitative estimate of drug-likeness (QED) is 0.678. The Balaban J connectivity index is 1.84. The van der Waals surface area contributed by atoms with E-state index in [-0.39, 0.29) is 0 Å². The second-order valence-corrected chi connectivity index (χ2v) is 5.77. The van der Waals surface area contributed by atoms with Gasteiger partial charge < -0.3 is 0 Å². The maximum absolute atomic E-state index is 5.99. The van der Waals surface area contributed by atoms with Crippen molar-refractivity contribution in [1.29, 1.82) is 0 Å². The van der Waals surface area contributed by atoms with E-state index in [0.717, 1.165) is 12.3 Å². The summed E-state index contributed by atoms with van der Waals surface area (Å²) < 4.78 is 0. The number of aryl methyl sites for hydroxylation is 1. The molecule has 0 N–H and O–H groups in total. The first-order valence-corrected chi connectivity index (χ1v) is 6.41. The van der Waals surface area contributed by atoms with Crippen LogP contribution in [0.25, 0.3) is 0 Å². The molecule has 3 aliphatic carbocycles. The van der Waals surface area contributed by atoms with Crippen LogP contribution >= 0.6 is 11.6 Å². The SMILES string of the molecule is CCc1cccc(C23CC(CCl)(C2)C3)c1. The van der Waals surface area contributed by atoms with Gasteiger partial charge in [-0.25, -0.2) is 0 Å². The average molecular weight is 221 g/mol. The van der Waals surface area contributed by atoms with Gasteiger partial charge in [0, 0.05) is 5.88 Å². The molecule has 0 aliphatic heterocycles. The van der Waals surface area contributed by atoms with Crippen LogP contribution in [0.2, 0.25) is 0 Å². The van der Waals surface area contributed by atoms with Gasteiger partial charge in [-0.15, -0.1) is 11.6 Å². The van der Waals surface area contributed by atoms with Gasteiger partial charge in [0.25, 0.3) is 0 Å². The summed E-state index contributed by atoms with van der Waals surface area (Å²) in [7, 11) is 0. The predicted molar refractivity (Wildman–Crippen MR) is 64.5 cm³/mol. The highest BCUT2D eigenvalue weighted by atomic mass is 35.5. The van der Waals surface area contributed by atoms with Gasteiger partial charge in [0.2, 0.25) is 0 Å². The fraction of sp³-hybridized carbons (Fsp3) is 0.571. The first-order valence-electron chi connectivity index (χ1n) is 5.87. The Morgan fingerprint density at radius 2 is 2.00 bits per heavy atom. The first-order chi connectivity index (χ1) is 7.22. The molecule has 0 radical (unpaired) electrons. The van der Waals surface area contributed by atoms with E-state index in [1.807, 2.05) is 0 Å². The Bertz CT molecular complexity index is 374. The van der Waals surface area contributed by atoms with Crippen LogP contribution in [0.1, 0.15) is 37.3 Å². The van der Waals surface area contributed by atoms with Crippen molar-refractivity contribution in [3.05, 3.63) is 35.4 Å². The van der Waals surface area contributed by atoms with Crippen LogP contribution in [0.3, 0.4) is 0 Å². The monoisotopic (exact) mass is 220 g/mol. The van der Waals surface area contributed by atoms with Crippen LogP contribution in [0, 0.1) is 5.41 Å². The Kier molecular flexibility index (Phi) is 1.95. The van der Waals surface area contributed by atoms with Gasteiger partial charge in [-0.2, -0.15) is 0 Å². The largest absolute Gasteiger partial charge is 0.126 e. The van der Waals surface area contributed by atoms with Crippen molar-refractivity contribution in [2.75, 3.05) is 5.88 Å². The van der Waals surface area contributed by atoms with E-state index in [9.17, 15) is 0 Å². The summed E-state index contributed by atoms with van der Waals surface area (Å²) in [4.78, 5) is 0. The number of hydrogen-bond donors (Lipinski definition) is 0. The summed E-state index contributed by atoms with van der Waals surface area (Å²) in [5, 5.41) is 0. The molecule has 0 aromatic heterocycles. The zero-order chi connectivity index (χ0) is 10.5. The van der Waals surface area contributed by atoms with Crippen molar-refractivity contribution in [3.63, 3.8) is 0 Å². The molecule has 0 unspecified atom stereocenters. The molecule has 0 amide bonds. The summed E-state index contributed by atoms with van der Waals surface area (Å²) in [6.45, 7) is 2.22. The summed E-state index contributed by atoms with van der Waals surface area (Å²) >= 11 is 5.99. The first kappa shape index (κ1) is 9.72. The van der Waals surface area contributed by atoms with Crippen LogP contribution in [-0.2, 0) is 11.8 Å². The third kappa shape index (κ3) is 1.21. The zero-order valence-corrected chi connectivity index (χ0v) is 9.98. The Hall–Kier alpha value is -0.490. The standard InChI is InChI=1S/C14H17Cl/c1-2-11-4-3-5-12(6-11)14-7-13(8-14,9-14)10-15/h3-6H,2,7-10H2,1H3. The smallest absolute Gasteiger partial charge is 0.0280 e. The number of hydrogen-bond acceptors (Lipinski definition) is 0. The van der Waals surface area contributed by atoms with E-state index < -0.39 is 0 Å². The lowest BCUT2D eigenvalue weighted by Gasteiger charge is -2.71. The predicted octanol–water partition coefficient (Wildman–Crippen LogP) is 3.91. The molecule has 1 aromatic rings. The molecule has 1 aromatic carbocycles. The average Bonchev–Trinajstić information content (AvgIpc) is 2.15. The molecule has 0 heterocycles. The molecule has 0 spiro atoms. The minimum atomic E-state index is 0.528. The fourth-order valence-electron chi connectivity index (χ4n) is 3.57. The van der Waals surface area contributed by atoms with Crippen LogP contribution in [0.5, 0.6) is 0 Å². The van der Waals surface area contributed by atoms with Crippen LogP contribution in [-0.4, -0.2) is 5.88 Å². The summed E-state index contributed by atoms with van der Waals surface area (Å²) in [5.74, 6) is 0.863. The van der Waals surface area contributed by atoms with Crippen molar-refractivity contribution in [2.45, 2.75) is 38.0 Å². The highest BCUT2D eigenvalue weighted by Gasteiger charge is 2.67. The molecule has 0 atom stereocenters. The Labute approximate surface area is 96.6 Å². The summed E-state index contributed by atoms with van der Waals surface area (Å²) in [5.41, 5.74) is 4.09. The van der Waals surface area contributed by atoms with Crippen molar-refractivity contribution in [2.24, 2.45) is 5.41 Å². The molecule has 4 rings (SSSR count). The maximum atomic E-state index is 5.99. The zero-order valence-electron chi connectivity index (χ0n) is 9.22. The lowest BCUT2D eigenvalue weighted by Crippen LogP contribution is -2.65. The molecule has 3 saturated carbocycles. The van der Waals surface area contributed by atoms with Crippen molar-refractivity contribution >= 4 is 11.6 Å². The lowest BCUT2D eigenvalue weighted by atomic mass is 9.34. The van der Waals surface area contributed by atoms with E-state index in [1.54, 1.807) is 5.56 Å². The highest BCUT2D eigenvalue weighted by molar-refractivity contribution is 6.18. The molecule has 2 bridgehead atoms. The van der Waals surface area contributed by atoms with Gasteiger partial charge in [-0.05, 0) is 47.6 Å². The van der Waals surface area contributed by atoms with Crippen molar-refractivity contribution in [3.8, 4) is 0 Å². The number of alkyl halides is 1. The topological polar surface area (TPSA) is 0 Å². The third-order valence-electron chi connectivity index (χ3n) is 4.37. The second kappa shape index (κ2) is 3.01. The molecule has 0 saturated heterocycles. The molecular formula is C14H17Cl. The van der Waals surface area contributed by atoms with Gasteiger partial charge in [-0.3, -0.25) is 0 Å². The third-order valence-corrected chi connectivity index (χ3v) is 4.94. The molecule has 3 aliphatic rings. The molecule has 0 nitrogen and oxygen atoms in total. The van der Waals surface area contributed by atoms with Gasteiger partial charge in [-0.1, -0.05) is 31.2 Å². The number of benzene rings is 1. The van der Waals surface area contributed by atoms with E-state index in [1.165, 1.54) is 24.8 Å². The maximum Gasteiger partial charge on any atom is 0.0280 e. The normalized spacial score (nSPS) is 36.9. The van der Waals surface area contributed by atoms with Gasteiger partial charge >= 0.3 is 0 Å². The Morgan fingerprint density at radius 3 is 2.60 bits per heavy atom. The van der Waals surface area contributed by atoms with Crippen molar-refractivity contribution < 1.29 is 0 Å². The van der Waals surface area contributed by atoms with Crippen molar-refractivity contribution in [1.82, 2.24) is 0 Å². The van der Waals surface area contributed by atoms with E-state index in [2.05, 4.69) is 31.2 Å². The molecule has 15 heavy (non-hydrogen) atoms. The molecule has 3 fully saturated rings. The van der Waals surface area contributed by atoms with Gasteiger partial charge in [0.1, 0.15) is 0 Å². The van der Waals surface area contributed by atoms with Gasteiger partial charge in [0.15, 0.2) is 0 Å². The fourth-order valence-corrected chi connectivity index (χ4v) is 3.85. The molecule has 1 heteroatoms. The van der Waals surface area contributed by atoms with Crippen LogP contribution < -0.4 is 0 Å². The highest BCUT2D eigenvalue weighted by Crippen LogP contribution is 2.73. The minimum Gasteiger partial charge on any atom is -0.126 e. The van der Waals surface area contributed by atoms with Gasteiger partial charge in [0.05, 0.1) is 0 Å². The van der Waals surface area contributed by atoms with E-state index in [0.29, 0.717) is 10.8 Å². The van der Waals surface area contributed by atoms with Crippen LogP contribution in [0.4, 0.5) is 0 Å². The molecule has 80 valence electrons. The summed E-state index contributed by atoms with van der Waals surface area (Å²) in [6.07, 6.45) is 5.13.